The molecule has 0 radical (unpaired) electrons. The lowest BCUT2D eigenvalue weighted by Gasteiger charge is -2.09. The molecule has 34 heavy (non-hydrogen) atoms. The average molecular weight is 520 g/mol. The Bertz CT molecular complexity index is 1260. The lowest BCUT2D eigenvalue weighted by molar-refractivity contribution is -0.113. The Morgan fingerprint density at radius 1 is 1.32 bits per heavy atom. The molecule has 2 amide bonds. The third kappa shape index (κ3) is 5.08. The van der Waals surface area contributed by atoms with Crippen LogP contribution in [0, 0.1) is 13.8 Å². The second-order valence-corrected chi connectivity index (χ2v) is 10.2. The van der Waals surface area contributed by atoms with E-state index in [2.05, 4.69) is 41.3 Å². The van der Waals surface area contributed by atoms with Gasteiger partial charge in [0.1, 0.15) is 5.00 Å². The number of nitrogens with zero attached hydrogens (tertiary/aromatic N) is 3. The van der Waals surface area contributed by atoms with Gasteiger partial charge in [-0.05, 0) is 31.4 Å². The normalized spacial score (nSPS) is 10.8. The van der Waals surface area contributed by atoms with Crippen molar-refractivity contribution in [1.82, 2.24) is 14.8 Å². The maximum atomic E-state index is 12.7. The highest BCUT2D eigenvalue weighted by atomic mass is 32.2. The summed E-state index contributed by atoms with van der Waals surface area (Å²) in [5.74, 6) is -0.957. The first-order valence-electron chi connectivity index (χ1n) is 10.3. The highest BCUT2D eigenvalue weighted by Crippen LogP contribution is 2.35. The number of carbonyl (C=O) groups excluding carboxylic acids is 3. The summed E-state index contributed by atoms with van der Waals surface area (Å²) in [5.41, 5.74) is 8.16. The third-order valence-electron chi connectivity index (χ3n) is 5.07. The van der Waals surface area contributed by atoms with Gasteiger partial charge in [-0.2, -0.15) is 0 Å². The molecule has 12 heteroatoms. The summed E-state index contributed by atoms with van der Waals surface area (Å²) in [6.45, 7) is 10.1. The molecule has 0 saturated heterocycles. The SMILES string of the molecule is C=CCn1c(SCC(=O)Nc2sc(C(N)=O)c(C)c2C(=O)OC)nnc1-c1csc(C)c1CC. The van der Waals surface area contributed by atoms with Gasteiger partial charge in [-0.15, -0.1) is 39.4 Å². The molecule has 0 spiro atoms. The number of esters is 1. The molecule has 0 aliphatic rings. The number of ether oxygens (including phenoxy) is 1. The first kappa shape index (κ1) is 25.7. The van der Waals surface area contributed by atoms with E-state index in [1.54, 1.807) is 24.3 Å². The predicted octanol–water partition coefficient (Wildman–Crippen LogP) is 4.05. The van der Waals surface area contributed by atoms with Crippen LogP contribution in [-0.2, 0) is 22.5 Å². The van der Waals surface area contributed by atoms with Crippen LogP contribution in [0.1, 0.15) is 43.0 Å². The van der Waals surface area contributed by atoms with Gasteiger partial charge in [-0.25, -0.2) is 4.79 Å². The van der Waals surface area contributed by atoms with E-state index in [1.165, 1.54) is 29.3 Å². The maximum Gasteiger partial charge on any atom is 0.341 e. The standard InChI is InChI=1S/C22H25N5O4S3/c1-6-8-27-19(14-9-32-12(4)13(14)7-2)25-26-22(27)33-10-15(28)24-20-16(21(30)31-5)11(3)17(34-20)18(23)29/h6,9H,1,7-8,10H2,2-5H3,(H2,23,29)(H,24,28). The van der Waals surface area contributed by atoms with Gasteiger partial charge in [0.05, 0.1) is 23.3 Å². The van der Waals surface area contributed by atoms with E-state index in [1.807, 2.05) is 4.57 Å². The molecular weight excluding hydrogens is 494 g/mol. The number of hydrogen-bond acceptors (Lipinski definition) is 9. The number of aryl methyl sites for hydroxylation is 1. The third-order valence-corrected chi connectivity index (χ3v) is 8.21. The number of primary amides is 1. The first-order valence-corrected chi connectivity index (χ1v) is 13.0. The highest BCUT2D eigenvalue weighted by molar-refractivity contribution is 7.99. The Morgan fingerprint density at radius 2 is 2.06 bits per heavy atom. The van der Waals surface area contributed by atoms with Crippen molar-refractivity contribution in [1.29, 1.82) is 0 Å². The fourth-order valence-electron chi connectivity index (χ4n) is 3.47. The second kappa shape index (κ2) is 11.0. The van der Waals surface area contributed by atoms with Gasteiger partial charge in [0.25, 0.3) is 5.91 Å². The van der Waals surface area contributed by atoms with Gasteiger partial charge in [0.15, 0.2) is 11.0 Å². The molecule has 3 N–H and O–H groups in total. The fraction of sp³-hybridized carbons (Fsp3) is 0.318. The monoisotopic (exact) mass is 519 g/mol. The molecule has 0 unspecified atom stereocenters. The number of amides is 2. The minimum absolute atomic E-state index is 0.0159. The Morgan fingerprint density at radius 3 is 2.68 bits per heavy atom. The van der Waals surface area contributed by atoms with Crippen molar-refractivity contribution in [2.24, 2.45) is 5.73 Å². The topological polar surface area (TPSA) is 129 Å². The number of nitrogens with one attached hydrogen (secondary N) is 1. The average Bonchev–Trinajstić information content (AvgIpc) is 3.47. The van der Waals surface area contributed by atoms with Crippen molar-refractivity contribution >= 4 is 57.2 Å². The summed E-state index contributed by atoms with van der Waals surface area (Å²) in [5, 5.41) is 14.2. The quantitative estimate of drug-likeness (QED) is 0.235. The molecule has 3 aromatic rings. The second-order valence-electron chi connectivity index (χ2n) is 7.20. The first-order chi connectivity index (χ1) is 16.2. The number of hydrogen-bond donors (Lipinski definition) is 2. The molecule has 0 fully saturated rings. The summed E-state index contributed by atoms with van der Waals surface area (Å²) >= 11 is 3.83. The number of methoxy groups -OCH3 is 1. The van der Waals surface area contributed by atoms with E-state index in [0.29, 0.717) is 17.3 Å². The van der Waals surface area contributed by atoms with E-state index in [-0.39, 0.29) is 27.1 Å². The Hall–Kier alpha value is -2.96. The van der Waals surface area contributed by atoms with Gasteiger partial charge >= 0.3 is 5.97 Å². The molecule has 9 nitrogen and oxygen atoms in total. The van der Waals surface area contributed by atoms with E-state index < -0.39 is 11.9 Å². The number of rotatable bonds is 10. The lowest BCUT2D eigenvalue weighted by Crippen LogP contribution is -2.16. The molecule has 0 aliphatic carbocycles. The highest BCUT2D eigenvalue weighted by Gasteiger charge is 2.26. The predicted molar refractivity (Wildman–Crippen MR) is 136 cm³/mol. The van der Waals surface area contributed by atoms with Crippen LogP contribution in [0.3, 0.4) is 0 Å². The summed E-state index contributed by atoms with van der Waals surface area (Å²) in [6.07, 6.45) is 2.64. The van der Waals surface area contributed by atoms with Gasteiger partial charge in [-0.3, -0.25) is 14.2 Å². The Balaban J connectivity index is 1.81. The molecular formula is C22H25N5O4S3. The summed E-state index contributed by atoms with van der Waals surface area (Å²) in [6, 6.07) is 0. The molecule has 3 aromatic heterocycles. The molecule has 0 aliphatic heterocycles. The molecule has 180 valence electrons. The number of carbonyl (C=O) groups is 3. The molecule has 3 rings (SSSR count). The Labute approximate surface area is 209 Å². The molecule has 0 aromatic carbocycles. The summed E-state index contributed by atoms with van der Waals surface area (Å²) in [4.78, 5) is 38.1. The smallest absolute Gasteiger partial charge is 0.341 e. The Kier molecular flexibility index (Phi) is 8.28. The maximum absolute atomic E-state index is 12.7. The van der Waals surface area contributed by atoms with Crippen molar-refractivity contribution in [2.75, 3.05) is 18.2 Å². The van der Waals surface area contributed by atoms with E-state index in [0.717, 1.165) is 29.1 Å². The number of thiophene rings is 2. The van der Waals surface area contributed by atoms with Crippen molar-refractivity contribution in [2.45, 2.75) is 38.9 Å². The zero-order valence-corrected chi connectivity index (χ0v) is 21.7. The van der Waals surface area contributed by atoms with Crippen LogP contribution >= 0.6 is 34.4 Å². The largest absolute Gasteiger partial charge is 0.465 e. The van der Waals surface area contributed by atoms with Crippen molar-refractivity contribution in [3.05, 3.63) is 44.5 Å². The van der Waals surface area contributed by atoms with Gasteiger partial charge in [0.2, 0.25) is 5.91 Å². The van der Waals surface area contributed by atoms with Crippen LogP contribution in [0.2, 0.25) is 0 Å². The van der Waals surface area contributed by atoms with Crippen molar-refractivity contribution in [3.63, 3.8) is 0 Å². The summed E-state index contributed by atoms with van der Waals surface area (Å²) < 4.78 is 6.72. The molecule has 0 saturated carbocycles. The number of allylic oxidation sites excluding steroid dienone is 1. The van der Waals surface area contributed by atoms with Crippen LogP contribution in [0.25, 0.3) is 11.4 Å². The van der Waals surface area contributed by atoms with Crippen LogP contribution in [0.5, 0.6) is 0 Å². The van der Waals surface area contributed by atoms with Gasteiger partial charge < -0.3 is 15.8 Å². The zero-order chi connectivity index (χ0) is 25.0. The van der Waals surface area contributed by atoms with Crippen LogP contribution in [0.15, 0.2) is 23.2 Å². The van der Waals surface area contributed by atoms with Crippen molar-refractivity contribution in [3.8, 4) is 11.4 Å². The van der Waals surface area contributed by atoms with E-state index >= 15 is 0 Å². The van der Waals surface area contributed by atoms with Crippen LogP contribution in [0.4, 0.5) is 5.00 Å². The fourth-order valence-corrected chi connectivity index (χ4v) is 6.22. The van der Waals surface area contributed by atoms with Crippen LogP contribution in [-0.4, -0.2) is 45.4 Å². The molecule has 0 bridgehead atoms. The number of nitrogens with two attached hydrogens (primary N) is 1. The summed E-state index contributed by atoms with van der Waals surface area (Å²) in [7, 11) is 1.23. The van der Waals surface area contributed by atoms with E-state index in [4.69, 9.17) is 10.5 Å². The minimum Gasteiger partial charge on any atom is -0.465 e. The van der Waals surface area contributed by atoms with Crippen molar-refractivity contribution < 1.29 is 19.1 Å². The van der Waals surface area contributed by atoms with Crippen LogP contribution < -0.4 is 11.1 Å². The number of thioether (sulfide) groups is 1. The number of aromatic nitrogens is 3. The zero-order valence-electron chi connectivity index (χ0n) is 19.3. The van der Waals surface area contributed by atoms with Gasteiger partial charge in [0, 0.05) is 22.4 Å². The van der Waals surface area contributed by atoms with E-state index in [9.17, 15) is 14.4 Å². The molecule has 0 atom stereocenters. The minimum atomic E-state index is -0.678. The number of anilines is 1. The lowest BCUT2D eigenvalue weighted by atomic mass is 10.1. The van der Waals surface area contributed by atoms with Gasteiger partial charge in [-0.1, -0.05) is 24.8 Å². The molecule has 3 heterocycles.